The van der Waals surface area contributed by atoms with Crippen LogP contribution in [0.25, 0.3) is 0 Å². The molecule has 3 N–H and O–H groups in total. The van der Waals surface area contributed by atoms with Crippen LogP contribution in [0.5, 0.6) is 0 Å². The van der Waals surface area contributed by atoms with Gasteiger partial charge < -0.3 is 0 Å². The number of hydrazine groups is 1. The summed E-state index contributed by atoms with van der Waals surface area (Å²) in [7, 11) is 0. The second-order valence-electron chi connectivity index (χ2n) is 4.56. The van der Waals surface area contributed by atoms with Crippen LogP contribution in [0.4, 0.5) is 4.39 Å². The molecule has 19 heavy (non-hydrogen) atoms. The number of benzene rings is 1. The van der Waals surface area contributed by atoms with E-state index in [0.29, 0.717) is 12.0 Å². The number of hydrogen-bond donors (Lipinski definition) is 2. The summed E-state index contributed by atoms with van der Waals surface area (Å²) >= 11 is 0. The molecule has 1 aromatic heterocycles. The van der Waals surface area contributed by atoms with Gasteiger partial charge in [0.15, 0.2) is 0 Å². The molecular formula is C15H18FN3. The maximum absolute atomic E-state index is 13.6. The third-order valence-electron chi connectivity index (χ3n) is 3.16. The molecule has 1 unspecified atom stereocenters. The van der Waals surface area contributed by atoms with Gasteiger partial charge in [0, 0.05) is 18.4 Å². The Morgan fingerprint density at radius 1 is 1.21 bits per heavy atom. The van der Waals surface area contributed by atoms with Gasteiger partial charge in [-0.15, -0.1) is 0 Å². The van der Waals surface area contributed by atoms with Gasteiger partial charge in [-0.1, -0.05) is 24.3 Å². The highest BCUT2D eigenvalue weighted by molar-refractivity contribution is 5.18. The van der Waals surface area contributed by atoms with Crippen molar-refractivity contribution in [3.05, 3.63) is 65.7 Å². The Labute approximate surface area is 112 Å². The van der Waals surface area contributed by atoms with E-state index >= 15 is 0 Å². The lowest BCUT2D eigenvalue weighted by atomic mass is 10.00. The number of halogens is 1. The highest BCUT2D eigenvalue weighted by Gasteiger charge is 2.10. The Morgan fingerprint density at radius 3 is 2.74 bits per heavy atom. The van der Waals surface area contributed by atoms with Crippen molar-refractivity contribution in [2.24, 2.45) is 5.84 Å². The lowest BCUT2D eigenvalue weighted by Gasteiger charge is -2.16. The van der Waals surface area contributed by atoms with Crippen molar-refractivity contribution in [3.8, 4) is 0 Å². The normalized spacial score (nSPS) is 12.3. The molecule has 0 amide bonds. The third-order valence-corrected chi connectivity index (χ3v) is 3.16. The van der Waals surface area contributed by atoms with Gasteiger partial charge in [-0.2, -0.15) is 0 Å². The van der Waals surface area contributed by atoms with Crippen LogP contribution in [0.3, 0.4) is 0 Å². The zero-order valence-corrected chi connectivity index (χ0v) is 10.7. The Morgan fingerprint density at radius 2 is 2.05 bits per heavy atom. The number of rotatable bonds is 6. The van der Waals surface area contributed by atoms with Crippen molar-refractivity contribution in [3.63, 3.8) is 0 Å². The van der Waals surface area contributed by atoms with Crippen molar-refractivity contribution in [2.75, 3.05) is 0 Å². The number of aryl methyl sites for hydroxylation is 1. The highest BCUT2D eigenvalue weighted by Crippen LogP contribution is 2.12. The summed E-state index contributed by atoms with van der Waals surface area (Å²) in [6.45, 7) is 0. The molecule has 3 nitrogen and oxygen atoms in total. The van der Waals surface area contributed by atoms with Crippen LogP contribution in [-0.4, -0.2) is 11.0 Å². The fraction of sp³-hybridized carbons (Fsp3) is 0.267. The van der Waals surface area contributed by atoms with Gasteiger partial charge in [0.1, 0.15) is 5.82 Å². The first-order valence-corrected chi connectivity index (χ1v) is 6.38. The second-order valence-corrected chi connectivity index (χ2v) is 4.56. The summed E-state index contributed by atoms with van der Waals surface area (Å²) in [5, 5.41) is 0. The van der Waals surface area contributed by atoms with Crippen molar-refractivity contribution in [2.45, 2.75) is 25.3 Å². The van der Waals surface area contributed by atoms with Crippen LogP contribution in [0.15, 0.2) is 48.8 Å². The highest BCUT2D eigenvalue weighted by atomic mass is 19.1. The molecule has 100 valence electrons. The van der Waals surface area contributed by atoms with E-state index in [1.165, 1.54) is 6.07 Å². The number of nitrogens with one attached hydrogen (secondary N) is 1. The summed E-state index contributed by atoms with van der Waals surface area (Å²) in [4.78, 5) is 4.07. The summed E-state index contributed by atoms with van der Waals surface area (Å²) in [6, 6.07) is 10.8. The second kappa shape index (κ2) is 6.97. The molecule has 0 aliphatic carbocycles. The Bertz CT molecular complexity index is 502. The summed E-state index contributed by atoms with van der Waals surface area (Å²) in [6.07, 6.45) is 5.90. The fourth-order valence-corrected chi connectivity index (χ4v) is 2.06. The molecule has 0 saturated heterocycles. The Hall–Kier alpha value is -1.78. The van der Waals surface area contributed by atoms with Crippen LogP contribution < -0.4 is 11.3 Å². The zero-order chi connectivity index (χ0) is 13.5. The first kappa shape index (κ1) is 13.6. The molecule has 0 spiro atoms. The quantitative estimate of drug-likeness (QED) is 0.618. The van der Waals surface area contributed by atoms with E-state index in [-0.39, 0.29) is 11.9 Å². The zero-order valence-electron chi connectivity index (χ0n) is 10.7. The average Bonchev–Trinajstić information content (AvgIpc) is 2.46. The molecule has 0 saturated carbocycles. The molecule has 0 aliphatic rings. The summed E-state index contributed by atoms with van der Waals surface area (Å²) in [5.41, 5.74) is 4.62. The van der Waals surface area contributed by atoms with Crippen molar-refractivity contribution in [1.82, 2.24) is 10.4 Å². The molecule has 0 radical (unpaired) electrons. The molecule has 1 atom stereocenters. The van der Waals surface area contributed by atoms with Crippen LogP contribution in [0, 0.1) is 5.82 Å². The largest absolute Gasteiger partial charge is 0.271 e. The smallest absolute Gasteiger partial charge is 0.126 e. The van der Waals surface area contributed by atoms with Crippen molar-refractivity contribution in [1.29, 1.82) is 0 Å². The van der Waals surface area contributed by atoms with Crippen LogP contribution in [-0.2, 0) is 12.8 Å². The first-order chi connectivity index (χ1) is 9.29. The number of nitrogens with zero attached hydrogens (tertiary/aromatic N) is 1. The molecule has 0 bridgehead atoms. The molecule has 2 aromatic rings. The minimum Gasteiger partial charge on any atom is -0.271 e. The van der Waals surface area contributed by atoms with E-state index < -0.39 is 0 Å². The Balaban J connectivity index is 1.92. The third kappa shape index (κ3) is 4.12. The number of pyridine rings is 1. The standard InChI is InChI=1S/C15H18FN3/c16-15-6-2-1-5-13(15)10-14(19-17)8-7-12-4-3-9-18-11-12/h1-6,9,11,14,19H,7-8,10,17H2. The van der Waals surface area contributed by atoms with Gasteiger partial charge in [-0.3, -0.25) is 16.3 Å². The predicted octanol–water partition coefficient (Wildman–Crippen LogP) is 2.23. The molecular weight excluding hydrogens is 241 g/mol. The minimum absolute atomic E-state index is 0.0529. The summed E-state index contributed by atoms with van der Waals surface area (Å²) in [5.74, 6) is 5.37. The molecule has 0 fully saturated rings. The van der Waals surface area contributed by atoms with E-state index in [0.717, 1.165) is 18.4 Å². The van der Waals surface area contributed by atoms with Gasteiger partial charge in [0.25, 0.3) is 0 Å². The van der Waals surface area contributed by atoms with Crippen molar-refractivity contribution < 1.29 is 4.39 Å². The molecule has 2 rings (SSSR count). The monoisotopic (exact) mass is 259 g/mol. The first-order valence-electron chi connectivity index (χ1n) is 6.38. The molecule has 1 heterocycles. The summed E-state index contributed by atoms with van der Waals surface area (Å²) < 4.78 is 13.6. The number of nitrogens with two attached hydrogens (primary N) is 1. The lowest BCUT2D eigenvalue weighted by molar-refractivity contribution is 0.480. The van der Waals surface area contributed by atoms with E-state index in [9.17, 15) is 4.39 Å². The van der Waals surface area contributed by atoms with Crippen molar-refractivity contribution >= 4 is 0 Å². The van der Waals surface area contributed by atoms with Gasteiger partial charge in [0.05, 0.1) is 0 Å². The van der Waals surface area contributed by atoms with E-state index in [1.54, 1.807) is 18.3 Å². The van der Waals surface area contributed by atoms with Gasteiger partial charge in [0.2, 0.25) is 0 Å². The topological polar surface area (TPSA) is 50.9 Å². The average molecular weight is 259 g/mol. The SMILES string of the molecule is NNC(CCc1cccnc1)Cc1ccccc1F. The van der Waals surface area contributed by atoms with E-state index in [4.69, 9.17) is 5.84 Å². The van der Waals surface area contributed by atoms with E-state index in [2.05, 4.69) is 10.4 Å². The maximum Gasteiger partial charge on any atom is 0.126 e. The van der Waals surface area contributed by atoms with Gasteiger partial charge in [-0.05, 0) is 42.5 Å². The van der Waals surface area contributed by atoms with Crippen LogP contribution in [0.2, 0.25) is 0 Å². The number of hydrogen-bond acceptors (Lipinski definition) is 3. The molecule has 4 heteroatoms. The van der Waals surface area contributed by atoms with Crippen LogP contribution >= 0.6 is 0 Å². The molecule has 0 aliphatic heterocycles. The van der Waals surface area contributed by atoms with Crippen LogP contribution in [0.1, 0.15) is 17.5 Å². The maximum atomic E-state index is 13.6. The Kier molecular flexibility index (Phi) is 5.01. The van der Waals surface area contributed by atoms with E-state index in [1.807, 2.05) is 24.4 Å². The number of aromatic nitrogens is 1. The fourth-order valence-electron chi connectivity index (χ4n) is 2.06. The van der Waals surface area contributed by atoms with Gasteiger partial charge >= 0.3 is 0 Å². The van der Waals surface area contributed by atoms with Gasteiger partial charge in [-0.25, -0.2) is 4.39 Å². The predicted molar refractivity (Wildman–Crippen MR) is 73.8 cm³/mol. The lowest BCUT2D eigenvalue weighted by Crippen LogP contribution is -2.37. The minimum atomic E-state index is -0.177. The molecule has 1 aromatic carbocycles.